The van der Waals surface area contributed by atoms with Crippen LogP contribution in [-0.2, 0) is 6.54 Å². The lowest BCUT2D eigenvalue weighted by molar-refractivity contribution is 0.234. The van der Waals surface area contributed by atoms with Gasteiger partial charge in [0.15, 0.2) is 0 Å². The standard InChI is InChI=1S/C14H24N4/c1-4-15-9-13-5-6-16-10-14(13)18-8-7-17(3)12(2)11-18/h5-6,10,12,15H,4,7-9,11H2,1-3H3. The van der Waals surface area contributed by atoms with Crippen LogP contribution >= 0.6 is 0 Å². The minimum atomic E-state index is 0.603. The molecule has 1 aliphatic rings. The summed E-state index contributed by atoms with van der Waals surface area (Å²) in [5, 5.41) is 3.40. The van der Waals surface area contributed by atoms with Gasteiger partial charge in [0.2, 0.25) is 0 Å². The van der Waals surface area contributed by atoms with Crippen LogP contribution in [0.5, 0.6) is 0 Å². The van der Waals surface area contributed by atoms with Crippen molar-refractivity contribution in [2.75, 3.05) is 38.1 Å². The highest BCUT2D eigenvalue weighted by Crippen LogP contribution is 2.22. The van der Waals surface area contributed by atoms with Crippen molar-refractivity contribution in [2.24, 2.45) is 0 Å². The predicted octanol–water partition coefficient (Wildman–Crippen LogP) is 1.33. The molecule has 0 amide bonds. The van der Waals surface area contributed by atoms with Gasteiger partial charge in [-0.1, -0.05) is 6.92 Å². The number of hydrogen-bond acceptors (Lipinski definition) is 4. The number of piperazine rings is 1. The summed E-state index contributed by atoms with van der Waals surface area (Å²) in [4.78, 5) is 9.17. The van der Waals surface area contributed by atoms with Crippen LogP contribution in [0.15, 0.2) is 18.5 Å². The Morgan fingerprint density at radius 1 is 1.44 bits per heavy atom. The van der Waals surface area contributed by atoms with Gasteiger partial charge in [-0.15, -0.1) is 0 Å². The van der Waals surface area contributed by atoms with E-state index in [0.29, 0.717) is 6.04 Å². The monoisotopic (exact) mass is 248 g/mol. The van der Waals surface area contributed by atoms with E-state index in [1.54, 1.807) is 0 Å². The molecule has 1 fully saturated rings. The number of likely N-dealkylation sites (N-methyl/N-ethyl adjacent to an activating group) is 1. The highest BCUT2D eigenvalue weighted by Gasteiger charge is 2.22. The number of nitrogens with one attached hydrogen (secondary N) is 1. The minimum Gasteiger partial charge on any atom is -0.367 e. The van der Waals surface area contributed by atoms with E-state index in [9.17, 15) is 0 Å². The lowest BCUT2D eigenvalue weighted by Crippen LogP contribution is -2.50. The molecule has 4 nitrogen and oxygen atoms in total. The molecule has 1 aromatic heterocycles. The molecule has 2 rings (SSSR count). The molecule has 0 aliphatic carbocycles. The molecule has 0 bridgehead atoms. The summed E-state index contributed by atoms with van der Waals surface area (Å²) in [5.41, 5.74) is 2.64. The molecule has 1 N–H and O–H groups in total. The van der Waals surface area contributed by atoms with Crippen molar-refractivity contribution in [1.29, 1.82) is 0 Å². The Balaban J connectivity index is 2.12. The van der Waals surface area contributed by atoms with Crippen molar-refractivity contribution >= 4 is 5.69 Å². The maximum Gasteiger partial charge on any atom is 0.0599 e. The SMILES string of the molecule is CCNCc1ccncc1N1CCN(C)C(C)C1. The number of pyridine rings is 1. The summed E-state index contributed by atoms with van der Waals surface area (Å²) in [7, 11) is 2.20. The largest absolute Gasteiger partial charge is 0.367 e. The Morgan fingerprint density at radius 3 is 3.00 bits per heavy atom. The van der Waals surface area contributed by atoms with Gasteiger partial charge in [-0.2, -0.15) is 0 Å². The third-order valence-corrected chi connectivity index (χ3v) is 3.75. The molecule has 1 aliphatic heterocycles. The van der Waals surface area contributed by atoms with E-state index in [1.165, 1.54) is 11.3 Å². The first-order valence-electron chi connectivity index (χ1n) is 6.81. The third kappa shape index (κ3) is 3.00. The zero-order valence-electron chi connectivity index (χ0n) is 11.7. The Labute approximate surface area is 110 Å². The first-order valence-corrected chi connectivity index (χ1v) is 6.81. The maximum absolute atomic E-state index is 4.29. The zero-order valence-corrected chi connectivity index (χ0v) is 11.7. The molecule has 1 unspecified atom stereocenters. The molecular weight excluding hydrogens is 224 g/mol. The molecule has 0 radical (unpaired) electrons. The molecule has 100 valence electrons. The number of aromatic nitrogens is 1. The first kappa shape index (κ1) is 13.3. The summed E-state index contributed by atoms with van der Waals surface area (Å²) >= 11 is 0. The normalized spacial score (nSPS) is 21.3. The molecule has 0 saturated carbocycles. The third-order valence-electron chi connectivity index (χ3n) is 3.75. The molecule has 1 aromatic rings. The van der Waals surface area contributed by atoms with Crippen molar-refractivity contribution in [1.82, 2.24) is 15.2 Å². The van der Waals surface area contributed by atoms with Crippen LogP contribution in [0.4, 0.5) is 5.69 Å². The number of hydrogen-bond donors (Lipinski definition) is 1. The van der Waals surface area contributed by atoms with Gasteiger partial charge in [0.05, 0.1) is 11.9 Å². The van der Waals surface area contributed by atoms with E-state index in [1.807, 2.05) is 12.4 Å². The van der Waals surface area contributed by atoms with Gasteiger partial charge in [-0.3, -0.25) is 4.98 Å². The van der Waals surface area contributed by atoms with Crippen molar-refractivity contribution in [2.45, 2.75) is 26.4 Å². The van der Waals surface area contributed by atoms with Gasteiger partial charge in [-0.25, -0.2) is 0 Å². The van der Waals surface area contributed by atoms with Crippen molar-refractivity contribution in [3.05, 3.63) is 24.0 Å². The second-order valence-electron chi connectivity index (χ2n) is 5.06. The van der Waals surface area contributed by atoms with Gasteiger partial charge in [0.25, 0.3) is 0 Å². The lowest BCUT2D eigenvalue weighted by Gasteiger charge is -2.39. The topological polar surface area (TPSA) is 31.4 Å². The molecule has 0 spiro atoms. The summed E-state index contributed by atoms with van der Waals surface area (Å²) in [6.45, 7) is 9.64. The van der Waals surface area contributed by atoms with Gasteiger partial charge >= 0.3 is 0 Å². The van der Waals surface area contributed by atoms with E-state index in [-0.39, 0.29) is 0 Å². The number of anilines is 1. The van der Waals surface area contributed by atoms with Crippen LogP contribution < -0.4 is 10.2 Å². The molecule has 1 atom stereocenters. The van der Waals surface area contributed by atoms with Crippen LogP contribution in [-0.4, -0.2) is 49.2 Å². The summed E-state index contributed by atoms with van der Waals surface area (Å²) in [6.07, 6.45) is 3.89. The van der Waals surface area contributed by atoms with Crippen molar-refractivity contribution in [3.63, 3.8) is 0 Å². The summed E-state index contributed by atoms with van der Waals surface area (Å²) in [6, 6.07) is 2.73. The first-order chi connectivity index (χ1) is 8.72. The number of rotatable bonds is 4. The summed E-state index contributed by atoms with van der Waals surface area (Å²) in [5.74, 6) is 0. The van der Waals surface area contributed by atoms with Gasteiger partial charge in [0, 0.05) is 38.4 Å². The van der Waals surface area contributed by atoms with Crippen molar-refractivity contribution < 1.29 is 0 Å². The van der Waals surface area contributed by atoms with E-state index >= 15 is 0 Å². The average Bonchev–Trinajstić information content (AvgIpc) is 2.40. The fraction of sp³-hybridized carbons (Fsp3) is 0.643. The molecular formula is C14H24N4. The van der Waals surface area contributed by atoms with E-state index in [2.05, 4.69) is 47.1 Å². The van der Waals surface area contributed by atoms with Gasteiger partial charge in [-0.05, 0) is 32.1 Å². The number of nitrogens with zero attached hydrogens (tertiary/aromatic N) is 3. The van der Waals surface area contributed by atoms with E-state index in [4.69, 9.17) is 0 Å². The minimum absolute atomic E-state index is 0.603. The quantitative estimate of drug-likeness (QED) is 0.871. The van der Waals surface area contributed by atoms with E-state index in [0.717, 1.165) is 32.7 Å². The highest BCUT2D eigenvalue weighted by atomic mass is 15.3. The predicted molar refractivity (Wildman–Crippen MR) is 75.9 cm³/mol. The second-order valence-corrected chi connectivity index (χ2v) is 5.06. The Hall–Kier alpha value is -1.13. The Morgan fingerprint density at radius 2 is 2.28 bits per heavy atom. The smallest absolute Gasteiger partial charge is 0.0599 e. The molecule has 0 aromatic carbocycles. The van der Waals surface area contributed by atoms with Crippen LogP contribution in [0.1, 0.15) is 19.4 Å². The van der Waals surface area contributed by atoms with Crippen molar-refractivity contribution in [3.8, 4) is 0 Å². The molecule has 18 heavy (non-hydrogen) atoms. The Kier molecular flexibility index (Phi) is 4.55. The zero-order chi connectivity index (χ0) is 13.0. The van der Waals surface area contributed by atoms with Crippen LogP contribution in [0.2, 0.25) is 0 Å². The Bertz CT molecular complexity index is 380. The lowest BCUT2D eigenvalue weighted by atomic mass is 10.1. The highest BCUT2D eigenvalue weighted by molar-refractivity contribution is 5.52. The molecule has 1 saturated heterocycles. The van der Waals surface area contributed by atoms with E-state index < -0.39 is 0 Å². The van der Waals surface area contributed by atoms with Gasteiger partial charge < -0.3 is 15.1 Å². The fourth-order valence-corrected chi connectivity index (χ4v) is 2.38. The molecule has 4 heteroatoms. The molecule has 2 heterocycles. The van der Waals surface area contributed by atoms with Crippen LogP contribution in [0, 0.1) is 0 Å². The van der Waals surface area contributed by atoms with Crippen LogP contribution in [0.25, 0.3) is 0 Å². The summed E-state index contributed by atoms with van der Waals surface area (Å²) < 4.78 is 0. The maximum atomic E-state index is 4.29. The second kappa shape index (κ2) is 6.16. The fourth-order valence-electron chi connectivity index (χ4n) is 2.38. The van der Waals surface area contributed by atoms with Gasteiger partial charge in [0.1, 0.15) is 0 Å². The average molecular weight is 248 g/mol. The van der Waals surface area contributed by atoms with Crippen LogP contribution in [0.3, 0.4) is 0 Å².